The fraction of sp³-hybridized carbons (Fsp3) is 0.833. The molecule has 0 unspecified atom stereocenters. The summed E-state index contributed by atoms with van der Waals surface area (Å²) in [6.45, 7) is 9.77. The van der Waals surface area contributed by atoms with Gasteiger partial charge in [0.05, 0.1) is 11.6 Å². The Labute approximate surface area is 135 Å². The lowest BCUT2D eigenvalue weighted by Crippen LogP contribution is -2.64. The number of rotatable bonds is 4. The van der Waals surface area contributed by atoms with Gasteiger partial charge in [0, 0.05) is 12.4 Å². The molecule has 0 aliphatic carbocycles. The van der Waals surface area contributed by atoms with Crippen LogP contribution in [0.25, 0.3) is 0 Å². The van der Waals surface area contributed by atoms with Crippen molar-refractivity contribution in [1.82, 2.24) is 4.57 Å². The van der Waals surface area contributed by atoms with Gasteiger partial charge in [-0.05, 0) is 27.7 Å². The zero-order chi connectivity index (χ0) is 15.9. The van der Waals surface area contributed by atoms with E-state index in [9.17, 15) is 5.11 Å². The smallest absolute Gasteiger partial charge is 0.126 e. The Morgan fingerprint density at radius 1 is 1.23 bits per heavy atom. The zero-order valence-electron chi connectivity index (χ0n) is 14.8. The molecule has 0 saturated carbocycles. The van der Waals surface area contributed by atoms with E-state index in [1.54, 1.807) is 0 Å². The minimum absolute atomic E-state index is 0.487. The van der Waals surface area contributed by atoms with Crippen molar-refractivity contribution in [1.29, 1.82) is 0 Å². The van der Waals surface area contributed by atoms with E-state index in [2.05, 4.69) is 35.4 Å². The topological polar surface area (TPSA) is 29.0 Å². The predicted octanol–water partition coefficient (Wildman–Crippen LogP) is 2.94. The average Bonchev–Trinajstić information content (AvgIpc) is 2.79. The zero-order valence-corrected chi connectivity index (χ0v) is 14.8. The van der Waals surface area contributed by atoms with Gasteiger partial charge in [-0.2, -0.15) is 11.6 Å². The maximum absolute atomic E-state index is 10.3. The van der Waals surface area contributed by atoms with Crippen molar-refractivity contribution in [3.8, 4) is 0 Å². The SMILES string of the molecule is CC(C)n1cc[n+](CC(C)(C)O)c1[B-]1C2CCCC1CCC2. The van der Waals surface area contributed by atoms with Gasteiger partial charge >= 0.3 is 0 Å². The lowest BCUT2D eigenvalue weighted by molar-refractivity contribution is -0.692. The van der Waals surface area contributed by atoms with Gasteiger partial charge in [-0.1, -0.05) is 38.5 Å². The molecule has 2 bridgehead atoms. The monoisotopic (exact) mass is 303 g/mol. The minimum Gasteiger partial charge on any atom is -0.386 e. The fourth-order valence-electron chi connectivity index (χ4n) is 4.90. The molecule has 3 heterocycles. The Bertz CT molecular complexity index is 496. The average molecular weight is 303 g/mol. The summed E-state index contributed by atoms with van der Waals surface area (Å²) in [5.74, 6) is 1.71. The fourth-order valence-corrected chi connectivity index (χ4v) is 4.90. The summed E-state index contributed by atoms with van der Waals surface area (Å²) >= 11 is 0. The van der Waals surface area contributed by atoms with Gasteiger partial charge in [-0.3, -0.25) is 9.13 Å². The first-order valence-electron chi connectivity index (χ1n) is 9.19. The molecule has 3 rings (SSSR count). The quantitative estimate of drug-likeness (QED) is 0.672. The van der Waals surface area contributed by atoms with Crippen LogP contribution in [-0.4, -0.2) is 22.0 Å². The number of hydrogen-bond acceptors (Lipinski definition) is 1. The normalized spacial score (nSPS) is 26.6. The summed E-state index contributed by atoms with van der Waals surface area (Å²) < 4.78 is 4.81. The third kappa shape index (κ3) is 3.13. The molecule has 3 nitrogen and oxygen atoms in total. The summed E-state index contributed by atoms with van der Waals surface area (Å²) in [7, 11) is 0. The van der Waals surface area contributed by atoms with Crippen molar-refractivity contribution < 1.29 is 9.67 Å². The van der Waals surface area contributed by atoms with E-state index in [1.165, 1.54) is 44.2 Å². The standard InChI is InChI=1S/C18H32BN2O/c1-14(2)21-12-11-20(13-18(3,4)22)17(21)19-15-7-5-8-16(19)10-6-9-15/h11-12,14-16,22H,5-10,13H2,1-4H3. The van der Waals surface area contributed by atoms with Crippen molar-refractivity contribution in [2.45, 2.75) is 96.0 Å². The van der Waals surface area contributed by atoms with Gasteiger partial charge in [0.1, 0.15) is 18.9 Å². The molecule has 0 aromatic carbocycles. The largest absolute Gasteiger partial charge is 0.386 e. The molecular weight excluding hydrogens is 271 g/mol. The van der Waals surface area contributed by atoms with Gasteiger partial charge in [0.25, 0.3) is 0 Å². The Morgan fingerprint density at radius 3 is 2.23 bits per heavy atom. The summed E-state index contributed by atoms with van der Waals surface area (Å²) in [6.07, 6.45) is 12.8. The molecule has 2 aliphatic heterocycles. The van der Waals surface area contributed by atoms with Gasteiger partial charge < -0.3 is 5.11 Å². The van der Waals surface area contributed by atoms with Crippen molar-refractivity contribution in [2.75, 3.05) is 0 Å². The van der Waals surface area contributed by atoms with Gasteiger partial charge in [-0.25, -0.2) is 0 Å². The van der Waals surface area contributed by atoms with Gasteiger partial charge in [-0.15, -0.1) is 0 Å². The highest BCUT2D eigenvalue weighted by molar-refractivity contribution is 6.74. The molecule has 2 fully saturated rings. The number of hydrogen-bond donors (Lipinski definition) is 1. The number of fused-ring (bicyclic) bond motifs is 2. The van der Waals surface area contributed by atoms with Crippen LogP contribution in [0.15, 0.2) is 12.4 Å². The first kappa shape index (κ1) is 16.1. The van der Waals surface area contributed by atoms with E-state index in [4.69, 9.17) is 0 Å². The van der Waals surface area contributed by atoms with E-state index in [1.807, 2.05) is 13.8 Å². The van der Waals surface area contributed by atoms with Gasteiger partial charge in [0.2, 0.25) is 0 Å². The highest BCUT2D eigenvalue weighted by atomic mass is 16.3. The molecule has 22 heavy (non-hydrogen) atoms. The Hall–Kier alpha value is -0.765. The predicted molar refractivity (Wildman–Crippen MR) is 91.9 cm³/mol. The summed E-state index contributed by atoms with van der Waals surface area (Å²) in [4.78, 5) is 0. The van der Waals surface area contributed by atoms with Crippen LogP contribution in [0.3, 0.4) is 0 Å². The molecule has 0 amide bonds. The van der Waals surface area contributed by atoms with Crippen LogP contribution in [0.2, 0.25) is 11.6 Å². The van der Waals surface area contributed by atoms with Crippen LogP contribution >= 0.6 is 0 Å². The van der Waals surface area contributed by atoms with E-state index in [0.29, 0.717) is 19.3 Å². The molecule has 4 heteroatoms. The van der Waals surface area contributed by atoms with Gasteiger partial charge in [0.15, 0.2) is 0 Å². The Morgan fingerprint density at radius 2 is 1.77 bits per heavy atom. The molecular formula is C18H32BN2O. The molecule has 2 saturated heterocycles. The molecule has 0 spiro atoms. The van der Waals surface area contributed by atoms with Crippen LogP contribution in [-0.2, 0) is 6.54 Å². The van der Waals surface area contributed by atoms with E-state index < -0.39 is 5.60 Å². The summed E-state index contributed by atoms with van der Waals surface area (Å²) in [5, 5.41) is 10.3. The van der Waals surface area contributed by atoms with E-state index >= 15 is 0 Å². The molecule has 1 aromatic heterocycles. The first-order chi connectivity index (χ1) is 10.4. The second-order valence-corrected chi connectivity index (χ2v) is 8.51. The minimum atomic E-state index is -0.660. The van der Waals surface area contributed by atoms with Crippen molar-refractivity contribution >= 4 is 12.4 Å². The lowest BCUT2D eigenvalue weighted by Gasteiger charge is -2.49. The maximum Gasteiger partial charge on any atom is 0.126 e. The van der Waals surface area contributed by atoms with Crippen molar-refractivity contribution in [3.63, 3.8) is 0 Å². The third-order valence-corrected chi connectivity index (χ3v) is 5.69. The van der Waals surface area contributed by atoms with Crippen LogP contribution in [0.4, 0.5) is 0 Å². The second-order valence-electron chi connectivity index (χ2n) is 8.51. The lowest BCUT2D eigenvalue weighted by atomic mass is 9.26. The van der Waals surface area contributed by atoms with E-state index in [0.717, 1.165) is 11.6 Å². The summed E-state index contributed by atoms with van der Waals surface area (Å²) in [6, 6.07) is 0.487. The number of aliphatic hydroxyl groups is 1. The van der Waals surface area contributed by atoms with Crippen LogP contribution in [0.1, 0.15) is 72.3 Å². The highest BCUT2D eigenvalue weighted by Gasteiger charge is 2.35. The van der Waals surface area contributed by atoms with Crippen LogP contribution in [0, 0.1) is 0 Å². The molecule has 0 atom stereocenters. The van der Waals surface area contributed by atoms with Crippen molar-refractivity contribution in [2.24, 2.45) is 0 Å². The number of imidazole rings is 1. The Balaban J connectivity index is 2.01. The number of aromatic nitrogens is 2. The van der Waals surface area contributed by atoms with Crippen LogP contribution in [0.5, 0.6) is 0 Å². The molecule has 1 radical (unpaired) electrons. The number of nitrogens with zero attached hydrogens (tertiary/aromatic N) is 2. The second kappa shape index (κ2) is 6.03. The third-order valence-electron chi connectivity index (χ3n) is 5.69. The molecule has 1 aromatic rings. The van der Waals surface area contributed by atoms with Crippen LogP contribution < -0.4 is 10.3 Å². The molecule has 1 N–H and O–H groups in total. The molecule has 123 valence electrons. The molecule has 2 aliphatic rings. The highest BCUT2D eigenvalue weighted by Crippen LogP contribution is 2.45. The maximum atomic E-state index is 10.3. The Kier molecular flexibility index (Phi) is 4.41. The van der Waals surface area contributed by atoms with Crippen molar-refractivity contribution in [3.05, 3.63) is 12.4 Å². The van der Waals surface area contributed by atoms with E-state index in [-0.39, 0.29) is 0 Å². The summed E-state index contributed by atoms with van der Waals surface area (Å²) in [5.41, 5.74) is 0.818. The first-order valence-corrected chi connectivity index (χ1v) is 9.19.